The van der Waals surface area contributed by atoms with E-state index in [1.54, 1.807) is 0 Å². The van der Waals surface area contributed by atoms with Crippen LogP contribution in [0.3, 0.4) is 0 Å². The number of carbonyl (C=O) groups excluding carboxylic acids is 1. The van der Waals surface area contributed by atoms with E-state index < -0.39 is 0 Å². The van der Waals surface area contributed by atoms with Gasteiger partial charge in [0.15, 0.2) is 0 Å². The van der Waals surface area contributed by atoms with Crippen LogP contribution >= 0.6 is 0 Å². The van der Waals surface area contributed by atoms with E-state index in [-0.39, 0.29) is 17.7 Å². The normalized spacial score (nSPS) is 27.1. The van der Waals surface area contributed by atoms with Gasteiger partial charge in [0.2, 0.25) is 0 Å². The lowest BCUT2D eigenvalue weighted by Crippen LogP contribution is -2.42. The number of hydrogen-bond donors (Lipinski definition) is 1. The molecule has 0 spiro atoms. The van der Waals surface area contributed by atoms with Crippen LogP contribution in [-0.4, -0.2) is 17.7 Å². The Morgan fingerprint density at radius 3 is 2.50 bits per heavy atom. The SMILES string of the molecule is CC(C)C[C@H]1OC(=O)NC1(C)C. The highest BCUT2D eigenvalue weighted by Gasteiger charge is 2.40. The number of hydrogen-bond acceptors (Lipinski definition) is 2. The summed E-state index contributed by atoms with van der Waals surface area (Å²) in [6, 6.07) is 0. The second kappa shape index (κ2) is 2.96. The molecule has 70 valence electrons. The highest BCUT2D eigenvalue weighted by atomic mass is 16.6. The van der Waals surface area contributed by atoms with Gasteiger partial charge in [-0.3, -0.25) is 0 Å². The van der Waals surface area contributed by atoms with Crippen molar-refractivity contribution in [1.82, 2.24) is 5.32 Å². The maximum atomic E-state index is 10.9. The predicted octanol–water partition coefficient (Wildman–Crippen LogP) is 1.92. The second-order valence-corrected chi connectivity index (χ2v) is 4.37. The quantitative estimate of drug-likeness (QED) is 0.689. The Bertz CT molecular complexity index is 187. The monoisotopic (exact) mass is 171 g/mol. The molecule has 1 fully saturated rings. The Balaban J connectivity index is 2.59. The molecular weight excluding hydrogens is 154 g/mol. The van der Waals surface area contributed by atoms with Crippen molar-refractivity contribution in [3.8, 4) is 0 Å². The maximum Gasteiger partial charge on any atom is 0.408 e. The van der Waals surface area contributed by atoms with Crippen LogP contribution in [0.1, 0.15) is 34.1 Å². The molecule has 0 aromatic carbocycles. The Kier molecular flexibility index (Phi) is 2.31. The zero-order valence-corrected chi connectivity index (χ0v) is 8.18. The lowest BCUT2D eigenvalue weighted by molar-refractivity contribution is 0.101. The van der Waals surface area contributed by atoms with Gasteiger partial charge in [-0.2, -0.15) is 0 Å². The summed E-state index contributed by atoms with van der Waals surface area (Å²) in [5, 5.41) is 2.79. The number of ether oxygens (including phenoxy) is 1. The molecule has 1 saturated heterocycles. The summed E-state index contributed by atoms with van der Waals surface area (Å²) < 4.78 is 5.14. The first kappa shape index (κ1) is 9.36. The largest absolute Gasteiger partial charge is 0.444 e. The van der Waals surface area contributed by atoms with Crippen LogP contribution in [0, 0.1) is 5.92 Å². The van der Waals surface area contributed by atoms with Gasteiger partial charge in [0, 0.05) is 0 Å². The van der Waals surface area contributed by atoms with E-state index in [4.69, 9.17) is 4.74 Å². The molecule has 1 N–H and O–H groups in total. The van der Waals surface area contributed by atoms with Gasteiger partial charge in [0.05, 0.1) is 5.54 Å². The third kappa shape index (κ3) is 1.90. The summed E-state index contributed by atoms with van der Waals surface area (Å²) in [5.41, 5.74) is -0.207. The summed E-state index contributed by atoms with van der Waals surface area (Å²) in [5.74, 6) is 0.557. The van der Waals surface area contributed by atoms with E-state index in [1.807, 2.05) is 13.8 Å². The molecule has 0 unspecified atom stereocenters. The van der Waals surface area contributed by atoms with Crippen molar-refractivity contribution in [3.63, 3.8) is 0 Å². The van der Waals surface area contributed by atoms with Gasteiger partial charge in [-0.25, -0.2) is 4.79 Å². The average molecular weight is 171 g/mol. The number of rotatable bonds is 2. The van der Waals surface area contributed by atoms with Gasteiger partial charge in [-0.05, 0) is 26.2 Å². The minimum Gasteiger partial charge on any atom is -0.444 e. The minimum atomic E-state index is -0.286. The number of carbonyl (C=O) groups is 1. The van der Waals surface area contributed by atoms with E-state index >= 15 is 0 Å². The highest BCUT2D eigenvalue weighted by Crippen LogP contribution is 2.25. The summed E-state index contributed by atoms with van der Waals surface area (Å²) >= 11 is 0. The lowest BCUT2D eigenvalue weighted by Gasteiger charge is -2.24. The van der Waals surface area contributed by atoms with Crippen molar-refractivity contribution in [1.29, 1.82) is 0 Å². The lowest BCUT2D eigenvalue weighted by atomic mass is 9.91. The molecule has 0 saturated carbocycles. The molecule has 0 aromatic heterocycles. The predicted molar refractivity (Wildman–Crippen MR) is 46.9 cm³/mol. The summed E-state index contributed by atoms with van der Waals surface area (Å²) in [7, 11) is 0. The smallest absolute Gasteiger partial charge is 0.408 e. The molecule has 1 aliphatic rings. The summed E-state index contributed by atoms with van der Waals surface area (Å²) in [4.78, 5) is 10.9. The number of alkyl carbamates (subject to hydrolysis) is 1. The van der Waals surface area contributed by atoms with E-state index in [0.717, 1.165) is 6.42 Å². The molecule has 0 radical (unpaired) electrons. The molecule has 3 heteroatoms. The average Bonchev–Trinajstić information content (AvgIpc) is 2.04. The van der Waals surface area contributed by atoms with Crippen molar-refractivity contribution < 1.29 is 9.53 Å². The van der Waals surface area contributed by atoms with Crippen molar-refractivity contribution in [2.75, 3.05) is 0 Å². The zero-order valence-electron chi connectivity index (χ0n) is 8.18. The van der Waals surface area contributed by atoms with E-state index in [1.165, 1.54) is 0 Å². The van der Waals surface area contributed by atoms with Gasteiger partial charge >= 0.3 is 6.09 Å². The molecule has 0 aliphatic carbocycles. The van der Waals surface area contributed by atoms with Gasteiger partial charge in [0.1, 0.15) is 6.10 Å². The first-order valence-electron chi connectivity index (χ1n) is 4.40. The Morgan fingerprint density at radius 2 is 2.17 bits per heavy atom. The van der Waals surface area contributed by atoms with E-state index in [2.05, 4.69) is 19.2 Å². The number of nitrogens with one attached hydrogen (secondary N) is 1. The fourth-order valence-electron chi connectivity index (χ4n) is 1.42. The molecule has 0 bridgehead atoms. The Hall–Kier alpha value is -0.730. The first-order chi connectivity index (χ1) is 5.42. The van der Waals surface area contributed by atoms with Crippen LogP contribution in [0.4, 0.5) is 4.79 Å². The van der Waals surface area contributed by atoms with Crippen molar-refractivity contribution in [2.24, 2.45) is 5.92 Å². The van der Waals surface area contributed by atoms with Crippen LogP contribution < -0.4 is 5.32 Å². The maximum absolute atomic E-state index is 10.9. The third-order valence-corrected chi connectivity index (χ3v) is 2.16. The molecule has 3 nitrogen and oxygen atoms in total. The molecule has 1 amide bonds. The minimum absolute atomic E-state index is 0.0185. The molecular formula is C9H17NO2. The fraction of sp³-hybridized carbons (Fsp3) is 0.889. The topological polar surface area (TPSA) is 38.3 Å². The molecule has 1 heterocycles. The van der Waals surface area contributed by atoms with E-state index in [9.17, 15) is 4.79 Å². The van der Waals surface area contributed by atoms with E-state index in [0.29, 0.717) is 5.92 Å². The zero-order chi connectivity index (χ0) is 9.35. The van der Waals surface area contributed by atoms with Crippen LogP contribution in [0.25, 0.3) is 0 Å². The van der Waals surface area contributed by atoms with Gasteiger partial charge < -0.3 is 10.1 Å². The van der Waals surface area contributed by atoms with Crippen LogP contribution in [-0.2, 0) is 4.74 Å². The Morgan fingerprint density at radius 1 is 1.58 bits per heavy atom. The molecule has 12 heavy (non-hydrogen) atoms. The number of cyclic esters (lactones) is 1. The third-order valence-electron chi connectivity index (χ3n) is 2.16. The van der Waals surface area contributed by atoms with Crippen LogP contribution in [0.2, 0.25) is 0 Å². The van der Waals surface area contributed by atoms with Crippen molar-refractivity contribution in [2.45, 2.75) is 45.8 Å². The van der Waals surface area contributed by atoms with Crippen LogP contribution in [0.15, 0.2) is 0 Å². The fourth-order valence-corrected chi connectivity index (χ4v) is 1.42. The highest BCUT2D eigenvalue weighted by molar-refractivity contribution is 5.71. The Labute approximate surface area is 73.5 Å². The van der Waals surface area contributed by atoms with Gasteiger partial charge in [0.25, 0.3) is 0 Å². The van der Waals surface area contributed by atoms with Gasteiger partial charge in [-0.15, -0.1) is 0 Å². The summed E-state index contributed by atoms with van der Waals surface area (Å²) in [6.45, 7) is 8.24. The molecule has 1 aliphatic heterocycles. The van der Waals surface area contributed by atoms with Gasteiger partial charge in [-0.1, -0.05) is 13.8 Å². The van der Waals surface area contributed by atoms with Crippen molar-refractivity contribution >= 4 is 6.09 Å². The first-order valence-corrected chi connectivity index (χ1v) is 4.40. The molecule has 1 atom stereocenters. The summed E-state index contributed by atoms with van der Waals surface area (Å²) in [6.07, 6.45) is 0.654. The van der Waals surface area contributed by atoms with Crippen molar-refractivity contribution in [3.05, 3.63) is 0 Å². The molecule has 0 aromatic rings. The molecule has 1 rings (SSSR count). The number of amides is 1. The standard InChI is InChI=1S/C9H17NO2/c1-6(2)5-7-9(3,4)10-8(11)12-7/h6-7H,5H2,1-4H3,(H,10,11)/t7-/m1/s1. The second-order valence-electron chi connectivity index (χ2n) is 4.37. The van der Waals surface area contributed by atoms with Crippen LogP contribution in [0.5, 0.6) is 0 Å².